The average Bonchev–Trinajstić information content (AvgIpc) is 2.52. The molecule has 2 amide bonds. The van der Waals surface area contributed by atoms with Crippen molar-refractivity contribution in [2.45, 2.75) is 32.2 Å². The molecule has 1 aromatic carbocycles. The molecule has 3 rings (SSSR count). The Morgan fingerprint density at radius 3 is 3.05 bits per heavy atom. The van der Waals surface area contributed by atoms with Crippen LogP contribution >= 0.6 is 0 Å². The smallest absolute Gasteiger partial charge is 0.249 e. The highest BCUT2D eigenvalue weighted by molar-refractivity contribution is 6.02. The number of carbonyl (C=O) groups is 2. The summed E-state index contributed by atoms with van der Waals surface area (Å²) in [6.45, 7) is 4.17. The number of hydrogen-bond donors (Lipinski definition) is 2. The highest BCUT2D eigenvalue weighted by Crippen LogP contribution is 2.40. The molecule has 1 unspecified atom stereocenters. The molecule has 0 saturated carbocycles. The van der Waals surface area contributed by atoms with Crippen molar-refractivity contribution in [2.24, 2.45) is 0 Å². The molecule has 2 N–H and O–H groups in total. The molecule has 1 fully saturated rings. The van der Waals surface area contributed by atoms with Crippen LogP contribution in [0.3, 0.4) is 0 Å². The first-order valence-electron chi connectivity index (χ1n) is 7.80. The summed E-state index contributed by atoms with van der Waals surface area (Å²) in [6.07, 6.45) is 1.97. The van der Waals surface area contributed by atoms with Gasteiger partial charge in [0.05, 0.1) is 17.9 Å². The number of amides is 2. The molecule has 0 aliphatic carbocycles. The van der Waals surface area contributed by atoms with Gasteiger partial charge in [-0.15, -0.1) is 0 Å². The van der Waals surface area contributed by atoms with E-state index >= 15 is 0 Å². The van der Waals surface area contributed by atoms with E-state index in [-0.39, 0.29) is 17.9 Å². The molecular formula is C16H21N3O3. The predicted octanol–water partition coefficient (Wildman–Crippen LogP) is 1.51. The summed E-state index contributed by atoms with van der Waals surface area (Å²) < 4.78 is 5.83. The minimum absolute atomic E-state index is 0.187. The third-order valence-electron chi connectivity index (χ3n) is 4.03. The molecule has 6 nitrogen and oxygen atoms in total. The van der Waals surface area contributed by atoms with Crippen LogP contribution < -0.4 is 20.3 Å². The molecule has 118 valence electrons. The zero-order valence-corrected chi connectivity index (χ0v) is 12.7. The Morgan fingerprint density at radius 1 is 1.41 bits per heavy atom. The van der Waals surface area contributed by atoms with Gasteiger partial charge in [-0.3, -0.25) is 14.9 Å². The van der Waals surface area contributed by atoms with Gasteiger partial charge in [-0.05, 0) is 25.0 Å². The maximum atomic E-state index is 12.1. The summed E-state index contributed by atoms with van der Waals surface area (Å²) >= 11 is 0. The van der Waals surface area contributed by atoms with Crippen molar-refractivity contribution < 1.29 is 14.3 Å². The maximum Gasteiger partial charge on any atom is 0.249 e. The number of ether oxygens (including phenoxy) is 1. The third-order valence-corrected chi connectivity index (χ3v) is 4.03. The fraction of sp³-hybridized carbons (Fsp3) is 0.500. The number of piperidine rings is 1. The van der Waals surface area contributed by atoms with E-state index in [9.17, 15) is 9.59 Å². The maximum absolute atomic E-state index is 12.1. The quantitative estimate of drug-likeness (QED) is 0.825. The summed E-state index contributed by atoms with van der Waals surface area (Å²) in [7, 11) is 0. The molecule has 1 aromatic rings. The monoisotopic (exact) mass is 303 g/mol. The van der Waals surface area contributed by atoms with Crippen LogP contribution in [0, 0.1) is 0 Å². The molecule has 0 bridgehead atoms. The zero-order chi connectivity index (χ0) is 15.5. The normalized spacial score (nSPS) is 21.0. The molecule has 0 aromatic heterocycles. The second-order valence-electron chi connectivity index (χ2n) is 5.59. The van der Waals surface area contributed by atoms with Crippen LogP contribution in [0.15, 0.2) is 18.2 Å². The van der Waals surface area contributed by atoms with Crippen LogP contribution in [0.4, 0.5) is 11.4 Å². The molecule has 2 heterocycles. The number of anilines is 2. The second-order valence-corrected chi connectivity index (χ2v) is 5.59. The Morgan fingerprint density at radius 2 is 2.27 bits per heavy atom. The van der Waals surface area contributed by atoms with Gasteiger partial charge in [-0.25, -0.2) is 0 Å². The van der Waals surface area contributed by atoms with Gasteiger partial charge in [0.2, 0.25) is 11.8 Å². The number of nitrogens with one attached hydrogen (secondary N) is 2. The van der Waals surface area contributed by atoms with E-state index in [1.165, 1.54) is 0 Å². The van der Waals surface area contributed by atoms with Crippen molar-refractivity contribution in [1.29, 1.82) is 0 Å². The Labute approximate surface area is 129 Å². The van der Waals surface area contributed by atoms with Crippen LogP contribution in [-0.4, -0.2) is 37.6 Å². The van der Waals surface area contributed by atoms with Gasteiger partial charge in [-0.2, -0.15) is 0 Å². The first-order valence-corrected chi connectivity index (χ1v) is 7.80. The number of nitrogens with zero attached hydrogens (tertiary/aromatic N) is 1. The first kappa shape index (κ1) is 14.7. The number of carbonyl (C=O) groups excluding carboxylic acids is 2. The largest absolute Gasteiger partial charge is 0.487 e. The molecule has 2 aliphatic rings. The summed E-state index contributed by atoms with van der Waals surface area (Å²) in [5, 5.41) is 5.79. The standard InChI is InChI=1S/C16H21N3O3/c1-2-8-17-11-4-3-5-12-15(11)22-10-9-19(12)13-6-7-14(20)18-16(13)21/h3-5,13,17H,2,6-10H2,1H3,(H,18,20,21). The van der Waals surface area contributed by atoms with E-state index in [4.69, 9.17) is 4.74 Å². The first-order chi connectivity index (χ1) is 10.7. The van der Waals surface area contributed by atoms with Crippen molar-refractivity contribution in [3.63, 3.8) is 0 Å². The number of para-hydroxylation sites is 1. The highest BCUT2D eigenvalue weighted by atomic mass is 16.5. The molecular weight excluding hydrogens is 282 g/mol. The lowest BCUT2D eigenvalue weighted by molar-refractivity contribution is -0.134. The van der Waals surface area contributed by atoms with Crippen LogP contribution in [-0.2, 0) is 9.59 Å². The summed E-state index contributed by atoms with van der Waals surface area (Å²) in [5.41, 5.74) is 1.87. The van der Waals surface area contributed by atoms with Gasteiger partial charge in [-0.1, -0.05) is 13.0 Å². The summed E-state index contributed by atoms with van der Waals surface area (Å²) in [6, 6.07) is 5.61. The Kier molecular flexibility index (Phi) is 4.18. The summed E-state index contributed by atoms with van der Waals surface area (Å²) in [4.78, 5) is 25.5. The predicted molar refractivity (Wildman–Crippen MR) is 84.2 cm³/mol. The lowest BCUT2D eigenvalue weighted by atomic mass is 10.0. The molecule has 1 saturated heterocycles. The van der Waals surface area contributed by atoms with Crippen LogP contribution in [0.1, 0.15) is 26.2 Å². The van der Waals surface area contributed by atoms with Crippen LogP contribution in [0.25, 0.3) is 0 Å². The number of imide groups is 1. The van der Waals surface area contributed by atoms with E-state index in [1.807, 2.05) is 18.2 Å². The number of hydrogen-bond acceptors (Lipinski definition) is 5. The Hall–Kier alpha value is -2.24. The average molecular weight is 303 g/mol. The fourth-order valence-electron chi connectivity index (χ4n) is 2.97. The molecule has 0 spiro atoms. The van der Waals surface area contributed by atoms with Crippen molar-refractivity contribution in [3.8, 4) is 5.75 Å². The number of fused-ring (bicyclic) bond motifs is 1. The number of benzene rings is 1. The van der Waals surface area contributed by atoms with Gasteiger partial charge < -0.3 is 15.0 Å². The van der Waals surface area contributed by atoms with Gasteiger partial charge >= 0.3 is 0 Å². The number of rotatable bonds is 4. The molecule has 1 atom stereocenters. The van der Waals surface area contributed by atoms with Gasteiger partial charge in [0.15, 0.2) is 5.75 Å². The topological polar surface area (TPSA) is 70.7 Å². The van der Waals surface area contributed by atoms with E-state index in [2.05, 4.69) is 22.5 Å². The van der Waals surface area contributed by atoms with Gasteiger partial charge in [0.25, 0.3) is 0 Å². The van der Waals surface area contributed by atoms with E-state index in [1.54, 1.807) is 0 Å². The molecule has 6 heteroatoms. The Bertz CT molecular complexity index is 588. The SMILES string of the molecule is CCCNc1cccc2c1OCCN2C1CCC(=O)NC1=O. The minimum Gasteiger partial charge on any atom is -0.487 e. The lowest BCUT2D eigenvalue weighted by Gasteiger charge is -2.38. The van der Waals surface area contributed by atoms with Gasteiger partial charge in [0, 0.05) is 13.0 Å². The molecule has 22 heavy (non-hydrogen) atoms. The van der Waals surface area contributed by atoms with E-state index in [0.29, 0.717) is 26.0 Å². The fourth-order valence-corrected chi connectivity index (χ4v) is 2.97. The van der Waals surface area contributed by atoms with Crippen molar-refractivity contribution >= 4 is 23.2 Å². The molecule has 2 aliphatic heterocycles. The van der Waals surface area contributed by atoms with E-state index < -0.39 is 0 Å². The van der Waals surface area contributed by atoms with Crippen LogP contribution in [0.5, 0.6) is 5.75 Å². The summed E-state index contributed by atoms with van der Waals surface area (Å²) in [5.74, 6) is 0.399. The van der Waals surface area contributed by atoms with Crippen LogP contribution in [0.2, 0.25) is 0 Å². The van der Waals surface area contributed by atoms with Crippen molar-refractivity contribution in [2.75, 3.05) is 29.9 Å². The highest BCUT2D eigenvalue weighted by Gasteiger charge is 2.35. The molecule has 0 radical (unpaired) electrons. The van der Waals surface area contributed by atoms with E-state index in [0.717, 1.165) is 30.1 Å². The van der Waals surface area contributed by atoms with Crippen molar-refractivity contribution in [3.05, 3.63) is 18.2 Å². The second kappa shape index (κ2) is 6.25. The lowest BCUT2D eigenvalue weighted by Crippen LogP contribution is -2.54. The Balaban J connectivity index is 1.88. The third kappa shape index (κ3) is 2.73. The minimum atomic E-state index is -0.304. The zero-order valence-electron chi connectivity index (χ0n) is 12.7. The van der Waals surface area contributed by atoms with Crippen molar-refractivity contribution in [1.82, 2.24) is 5.32 Å². The van der Waals surface area contributed by atoms with Gasteiger partial charge in [0.1, 0.15) is 12.6 Å².